The molecule has 19 heavy (non-hydrogen) atoms. The average molecular weight is 370 g/mol. The van der Waals surface area contributed by atoms with Crippen molar-refractivity contribution in [2.24, 2.45) is 0 Å². The zero-order chi connectivity index (χ0) is 13.7. The molecule has 1 N–H and O–H groups in total. The van der Waals surface area contributed by atoms with Gasteiger partial charge in [-0.05, 0) is 35.1 Å². The summed E-state index contributed by atoms with van der Waals surface area (Å²) < 4.78 is 6.11. The molecule has 0 aliphatic carbocycles. The van der Waals surface area contributed by atoms with Gasteiger partial charge in [-0.1, -0.05) is 13.0 Å². The highest BCUT2D eigenvalue weighted by Gasteiger charge is 2.08. The minimum absolute atomic E-state index is 0.558. The Hall–Kier alpha value is -1.44. The van der Waals surface area contributed by atoms with E-state index in [0.717, 1.165) is 22.4 Å². The molecule has 0 spiro atoms. The molecule has 0 aliphatic heterocycles. The van der Waals surface area contributed by atoms with Crippen LogP contribution in [0.4, 0.5) is 5.82 Å². The van der Waals surface area contributed by atoms with Crippen LogP contribution in [0.1, 0.15) is 13.3 Å². The predicted molar refractivity (Wildman–Crippen MR) is 83.3 cm³/mol. The molecule has 2 heterocycles. The van der Waals surface area contributed by atoms with Gasteiger partial charge in [-0.25, -0.2) is 15.0 Å². The van der Waals surface area contributed by atoms with Crippen LogP contribution in [-0.2, 0) is 0 Å². The second-order valence-corrected chi connectivity index (χ2v) is 5.04. The monoisotopic (exact) mass is 370 g/mol. The first-order valence-electron chi connectivity index (χ1n) is 6.02. The van der Waals surface area contributed by atoms with Crippen molar-refractivity contribution in [1.82, 2.24) is 15.0 Å². The third-order valence-corrected chi connectivity index (χ3v) is 3.24. The molecule has 0 radical (unpaired) electrons. The van der Waals surface area contributed by atoms with Crippen molar-refractivity contribution in [3.05, 3.63) is 28.0 Å². The third-order valence-electron chi connectivity index (χ3n) is 2.45. The number of hydrogen-bond acceptors (Lipinski definition) is 5. The van der Waals surface area contributed by atoms with Gasteiger partial charge in [0.15, 0.2) is 5.82 Å². The summed E-state index contributed by atoms with van der Waals surface area (Å²) in [5.41, 5.74) is 0.704. The predicted octanol–water partition coefficient (Wildman–Crippen LogP) is 2.97. The minimum Gasteiger partial charge on any atom is -0.481 e. The Balaban J connectivity index is 2.33. The first-order valence-corrected chi connectivity index (χ1v) is 7.10. The molecule has 2 rings (SSSR count). The highest BCUT2D eigenvalue weighted by Crippen LogP contribution is 2.20. The van der Waals surface area contributed by atoms with Crippen molar-refractivity contribution in [2.75, 3.05) is 19.0 Å². The lowest BCUT2D eigenvalue weighted by molar-refractivity contribution is 0.398. The molecule has 0 saturated carbocycles. The summed E-state index contributed by atoms with van der Waals surface area (Å²) in [5, 5.41) is 3.28. The molecule has 0 atom stereocenters. The van der Waals surface area contributed by atoms with E-state index in [4.69, 9.17) is 4.74 Å². The molecule has 0 aromatic carbocycles. The van der Waals surface area contributed by atoms with E-state index < -0.39 is 0 Å². The number of aromatic nitrogens is 3. The van der Waals surface area contributed by atoms with Crippen LogP contribution in [0, 0.1) is 3.57 Å². The number of nitrogens with zero attached hydrogens (tertiary/aromatic N) is 3. The second-order valence-electron chi connectivity index (χ2n) is 3.88. The van der Waals surface area contributed by atoms with Crippen molar-refractivity contribution < 1.29 is 4.74 Å². The Morgan fingerprint density at radius 3 is 2.89 bits per heavy atom. The topological polar surface area (TPSA) is 59.9 Å². The summed E-state index contributed by atoms with van der Waals surface area (Å²) >= 11 is 2.22. The number of anilines is 1. The maximum atomic E-state index is 5.11. The van der Waals surface area contributed by atoms with Gasteiger partial charge in [0.05, 0.1) is 10.7 Å². The maximum Gasteiger partial charge on any atom is 0.213 e. The molecule has 5 nitrogen and oxygen atoms in total. The van der Waals surface area contributed by atoms with Crippen LogP contribution in [0.15, 0.2) is 24.4 Å². The Labute approximate surface area is 126 Å². The van der Waals surface area contributed by atoms with Crippen molar-refractivity contribution in [2.45, 2.75) is 13.3 Å². The highest BCUT2D eigenvalue weighted by molar-refractivity contribution is 14.1. The number of ether oxygens (including phenoxy) is 1. The molecule has 0 amide bonds. The summed E-state index contributed by atoms with van der Waals surface area (Å²) in [6.45, 7) is 3.00. The molecule has 0 saturated heterocycles. The largest absolute Gasteiger partial charge is 0.481 e. The van der Waals surface area contributed by atoms with Gasteiger partial charge < -0.3 is 10.1 Å². The molecule has 0 bridgehead atoms. The van der Waals surface area contributed by atoms with E-state index in [1.54, 1.807) is 19.4 Å². The van der Waals surface area contributed by atoms with E-state index in [-0.39, 0.29) is 0 Å². The van der Waals surface area contributed by atoms with Crippen LogP contribution < -0.4 is 10.1 Å². The molecule has 0 aliphatic rings. The Bertz CT molecular complexity index is 562. The molecule has 2 aromatic rings. The summed E-state index contributed by atoms with van der Waals surface area (Å²) in [6.07, 6.45) is 2.84. The standard InChI is InChI=1S/C13H15IN4O/c1-3-7-15-12-9(14)8-16-13(18-12)10-5-4-6-11(17-10)19-2/h4-6,8H,3,7H2,1-2H3,(H,15,16,18). The second kappa shape index (κ2) is 6.65. The molecular weight excluding hydrogens is 355 g/mol. The number of halogens is 1. The van der Waals surface area contributed by atoms with E-state index >= 15 is 0 Å². The fraction of sp³-hybridized carbons (Fsp3) is 0.308. The molecule has 2 aromatic heterocycles. The quantitative estimate of drug-likeness (QED) is 0.821. The Morgan fingerprint density at radius 1 is 1.32 bits per heavy atom. The van der Waals surface area contributed by atoms with E-state index in [9.17, 15) is 0 Å². The fourth-order valence-electron chi connectivity index (χ4n) is 1.51. The molecule has 100 valence electrons. The number of methoxy groups -OCH3 is 1. The normalized spacial score (nSPS) is 10.3. The van der Waals surface area contributed by atoms with E-state index in [1.807, 2.05) is 12.1 Å². The zero-order valence-electron chi connectivity index (χ0n) is 10.9. The van der Waals surface area contributed by atoms with Gasteiger partial charge in [-0.3, -0.25) is 0 Å². The average Bonchev–Trinajstić information content (AvgIpc) is 2.46. The first kappa shape index (κ1) is 14.0. The zero-order valence-corrected chi connectivity index (χ0v) is 13.0. The number of rotatable bonds is 5. The molecule has 0 fully saturated rings. The molecular formula is C13H15IN4O. The minimum atomic E-state index is 0.558. The summed E-state index contributed by atoms with van der Waals surface area (Å²) in [7, 11) is 1.59. The number of nitrogens with one attached hydrogen (secondary N) is 1. The van der Waals surface area contributed by atoms with E-state index in [1.165, 1.54) is 0 Å². The van der Waals surface area contributed by atoms with Crippen LogP contribution in [0.3, 0.4) is 0 Å². The van der Waals surface area contributed by atoms with Gasteiger partial charge in [-0.2, -0.15) is 0 Å². The third kappa shape index (κ3) is 3.52. The van der Waals surface area contributed by atoms with E-state index in [2.05, 4.69) is 49.8 Å². The van der Waals surface area contributed by atoms with Gasteiger partial charge in [0.1, 0.15) is 11.5 Å². The first-order chi connectivity index (χ1) is 9.24. The molecule has 6 heteroatoms. The van der Waals surface area contributed by atoms with Crippen LogP contribution in [-0.4, -0.2) is 28.6 Å². The Morgan fingerprint density at radius 2 is 2.16 bits per heavy atom. The van der Waals surface area contributed by atoms with Crippen LogP contribution in [0.2, 0.25) is 0 Å². The fourth-order valence-corrected chi connectivity index (χ4v) is 1.96. The van der Waals surface area contributed by atoms with Gasteiger partial charge >= 0.3 is 0 Å². The van der Waals surface area contributed by atoms with Gasteiger partial charge in [0.2, 0.25) is 5.88 Å². The van der Waals surface area contributed by atoms with Crippen molar-refractivity contribution in [3.8, 4) is 17.4 Å². The summed E-state index contributed by atoms with van der Waals surface area (Å²) in [4.78, 5) is 13.2. The van der Waals surface area contributed by atoms with Gasteiger partial charge in [0, 0.05) is 18.8 Å². The highest BCUT2D eigenvalue weighted by atomic mass is 127. The number of pyridine rings is 1. The van der Waals surface area contributed by atoms with Crippen molar-refractivity contribution in [1.29, 1.82) is 0 Å². The van der Waals surface area contributed by atoms with Crippen LogP contribution in [0.25, 0.3) is 11.5 Å². The smallest absolute Gasteiger partial charge is 0.213 e. The summed E-state index contributed by atoms with van der Waals surface area (Å²) in [5.74, 6) is 2.00. The summed E-state index contributed by atoms with van der Waals surface area (Å²) in [6, 6.07) is 5.54. The van der Waals surface area contributed by atoms with Crippen LogP contribution >= 0.6 is 22.6 Å². The van der Waals surface area contributed by atoms with Gasteiger partial charge in [0.25, 0.3) is 0 Å². The lowest BCUT2D eigenvalue weighted by Crippen LogP contribution is -2.06. The maximum absolute atomic E-state index is 5.11. The van der Waals surface area contributed by atoms with E-state index in [0.29, 0.717) is 17.4 Å². The van der Waals surface area contributed by atoms with Crippen LogP contribution in [0.5, 0.6) is 5.88 Å². The number of hydrogen-bond donors (Lipinski definition) is 1. The lowest BCUT2D eigenvalue weighted by Gasteiger charge is -2.08. The SMILES string of the molecule is CCCNc1nc(-c2cccc(OC)n2)ncc1I. The lowest BCUT2D eigenvalue weighted by atomic mass is 10.3. The molecule has 0 unspecified atom stereocenters. The van der Waals surface area contributed by atoms with Gasteiger partial charge in [-0.15, -0.1) is 0 Å². The van der Waals surface area contributed by atoms with Crippen molar-refractivity contribution in [3.63, 3.8) is 0 Å². The van der Waals surface area contributed by atoms with Crippen molar-refractivity contribution >= 4 is 28.4 Å². The Kier molecular flexibility index (Phi) is 4.89.